The van der Waals surface area contributed by atoms with Gasteiger partial charge in [0.1, 0.15) is 6.07 Å². The molecular weight excluding hydrogens is 295 g/mol. The maximum Gasteiger partial charge on any atom is 0.266 e. The minimum absolute atomic E-state index is 0.133. The van der Waals surface area contributed by atoms with Crippen LogP contribution in [0.4, 0.5) is 8.78 Å². The third kappa shape index (κ3) is 2.86. The average molecular weight is 300 g/mol. The van der Waals surface area contributed by atoms with Crippen molar-refractivity contribution in [3.63, 3.8) is 0 Å². The summed E-state index contributed by atoms with van der Waals surface area (Å²) in [5, 5.41) is 8.79. The largest absolute Gasteiger partial charge is 0.266 e. The lowest BCUT2D eigenvalue weighted by atomic mass is 10.0. The lowest BCUT2D eigenvalue weighted by molar-refractivity contribution is 0.147. The summed E-state index contributed by atoms with van der Waals surface area (Å²) in [6.45, 7) is 0. The van der Waals surface area contributed by atoms with Crippen LogP contribution in [0.3, 0.4) is 0 Å². The fourth-order valence-corrected chi connectivity index (χ4v) is 2.63. The second-order valence-electron chi connectivity index (χ2n) is 3.00. The Labute approximate surface area is 106 Å². The quantitative estimate of drug-likeness (QED) is 0.636. The third-order valence-electron chi connectivity index (χ3n) is 2.03. The maximum absolute atomic E-state index is 12.8. The molecule has 0 saturated heterocycles. The second-order valence-corrected chi connectivity index (χ2v) is 5.80. The molecule has 3 nitrogen and oxygen atoms in total. The summed E-state index contributed by atoms with van der Waals surface area (Å²) >= 11 is 5.48. The van der Waals surface area contributed by atoms with E-state index in [1.54, 1.807) is 0 Å². The van der Waals surface area contributed by atoms with Gasteiger partial charge in [-0.3, -0.25) is 0 Å². The van der Waals surface area contributed by atoms with Crippen molar-refractivity contribution in [3.05, 3.63) is 28.8 Å². The van der Waals surface area contributed by atoms with Gasteiger partial charge in [0, 0.05) is 16.6 Å². The molecule has 8 heteroatoms. The summed E-state index contributed by atoms with van der Waals surface area (Å²) < 4.78 is 47.8. The Balaban J connectivity index is 3.74. The first-order chi connectivity index (χ1) is 7.82. The Kier molecular flexibility index (Phi) is 4.31. The van der Waals surface area contributed by atoms with E-state index in [1.807, 2.05) is 0 Å². The van der Waals surface area contributed by atoms with Gasteiger partial charge >= 0.3 is 0 Å². The van der Waals surface area contributed by atoms with Crippen molar-refractivity contribution in [2.24, 2.45) is 0 Å². The summed E-state index contributed by atoms with van der Waals surface area (Å²) in [7, 11) is 0.691. The molecular formula is C9H5Cl2F2NO2S. The maximum atomic E-state index is 12.8. The van der Waals surface area contributed by atoms with Crippen LogP contribution < -0.4 is 0 Å². The SMILES string of the molecule is N#Cc1c(CCl)ccc(S(=O)(=O)Cl)c1C(F)F. The molecule has 1 aromatic carbocycles. The minimum Gasteiger partial charge on any atom is -0.207 e. The predicted molar refractivity (Wildman–Crippen MR) is 58.7 cm³/mol. The van der Waals surface area contributed by atoms with E-state index in [-0.39, 0.29) is 11.4 Å². The third-order valence-corrected chi connectivity index (χ3v) is 3.70. The molecule has 17 heavy (non-hydrogen) atoms. The molecule has 1 rings (SSSR count). The van der Waals surface area contributed by atoms with Crippen molar-refractivity contribution in [3.8, 4) is 6.07 Å². The van der Waals surface area contributed by atoms with Crippen LogP contribution in [0, 0.1) is 11.3 Å². The van der Waals surface area contributed by atoms with Crippen LogP contribution in [-0.2, 0) is 14.9 Å². The van der Waals surface area contributed by atoms with E-state index in [0.717, 1.165) is 6.07 Å². The van der Waals surface area contributed by atoms with E-state index in [9.17, 15) is 17.2 Å². The Morgan fingerprint density at radius 1 is 1.41 bits per heavy atom. The molecule has 0 N–H and O–H groups in total. The molecule has 0 aliphatic rings. The topological polar surface area (TPSA) is 57.9 Å². The van der Waals surface area contributed by atoms with Gasteiger partial charge in [-0.25, -0.2) is 17.2 Å². The van der Waals surface area contributed by atoms with Gasteiger partial charge in [0.25, 0.3) is 15.5 Å². The number of benzene rings is 1. The molecule has 1 aromatic rings. The van der Waals surface area contributed by atoms with E-state index < -0.39 is 31.5 Å². The van der Waals surface area contributed by atoms with Crippen LogP contribution in [-0.4, -0.2) is 8.42 Å². The Morgan fingerprint density at radius 3 is 2.35 bits per heavy atom. The fourth-order valence-electron chi connectivity index (χ4n) is 1.32. The number of hydrogen-bond acceptors (Lipinski definition) is 3. The van der Waals surface area contributed by atoms with Crippen LogP contribution in [0.15, 0.2) is 17.0 Å². The summed E-state index contributed by atoms with van der Waals surface area (Å²) in [6, 6.07) is 3.63. The molecule has 0 amide bonds. The Morgan fingerprint density at radius 2 is 2.00 bits per heavy atom. The zero-order chi connectivity index (χ0) is 13.2. The zero-order valence-corrected chi connectivity index (χ0v) is 10.5. The molecule has 0 spiro atoms. The number of rotatable bonds is 3. The highest BCUT2D eigenvalue weighted by molar-refractivity contribution is 8.13. The van der Waals surface area contributed by atoms with Gasteiger partial charge in [0.2, 0.25) is 0 Å². The van der Waals surface area contributed by atoms with Crippen molar-refractivity contribution in [1.29, 1.82) is 5.26 Å². The van der Waals surface area contributed by atoms with E-state index in [0.29, 0.717) is 0 Å². The monoisotopic (exact) mass is 299 g/mol. The van der Waals surface area contributed by atoms with Crippen LogP contribution in [0.5, 0.6) is 0 Å². The number of nitriles is 1. The fraction of sp³-hybridized carbons (Fsp3) is 0.222. The first-order valence-electron chi connectivity index (χ1n) is 4.17. The van der Waals surface area contributed by atoms with Crippen LogP contribution in [0.25, 0.3) is 0 Å². The lowest BCUT2D eigenvalue weighted by Crippen LogP contribution is -2.04. The summed E-state index contributed by atoms with van der Waals surface area (Å²) in [5.41, 5.74) is -1.22. The molecule has 0 bridgehead atoms. The summed E-state index contributed by atoms with van der Waals surface area (Å²) in [4.78, 5) is -0.764. The minimum atomic E-state index is -4.34. The van der Waals surface area contributed by atoms with E-state index in [1.165, 1.54) is 12.1 Å². The standard InChI is InChI=1S/C9H5Cl2F2NO2S/c10-3-5-1-2-7(17(11,15)16)8(9(12)13)6(5)4-14/h1-2,9H,3H2. The highest BCUT2D eigenvalue weighted by Gasteiger charge is 2.26. The van der Waals surface area contributed by atoms with E-state index in [2.05, 4.69) is 0 Å². The molecule has 0 aromatic heterocycles. The van der Waals surface area contributed by atoms with Gasteiger partial charge in [-0.15, -0.1) is 11.6 Å². The Bertz CT molecular complexity index is 581. The molecule has 0 saturated carbocycles. The summed E-state index contributed by atoms with van der Waals surface area (Å²) in [5.74, 6) is -0.175. The number of hydrogen-bond donors (Lipinski definition) is 0. The van der Waals surface area contributed by atoms with Gasteiger partial charge in [-0.05, 0) is 11.6 Å². The molecule has 0 aliphatic heterocycles. The van der Waals surface area contributed by atoms with E-state index >= 15 is 0 Å². The molecule has 0 radical (unpaired) electrons. The van der Waals surface area contributed by atoms with Crippen molar-refractivity contribution in [1.82, 2.24) is 0 Å². The van der Waals surface area contributed by atoms with Gasteiger partial charge in [0.05, 0.1) is 16.0 Å². The first kappa shape index (κ1) is 14.2. The molecule has 0 aliphatic carbocycles. The van der Waals surface area contributed by atoms with Crippen molar-refractivity contribution >= 4 is 31.3 Å². The highest BCUT2D eigenvalue weighted by Crippen LogP contribution is 2.33. The normalized spacial score (nSPS) is 11.5. The van der Waals surface area contributed by atoms with Gasteiger partial charge in [-0.1, -0.05) is 6.07 Å². The zero-order valence-electron chi connectivity index (χ0n) is 8.12. The van der Waals surface area contributed by atoms with Crippen molar-refractivity contribution < 1.29 is 17.2 Å². The second kappa shape index (κ2) is 5.17. The molecule has 92 valence electrons. The van der Waals surface area contributed by atoms with Gasteiger partial charge in [-0.2, -0.15) is 5.26 Å². The average Bonchev–Trinajstić information content (AvgIpc) is 2.25. The lowest BCUT2D eigenvalue weighted by Gasteiger charge is -2.10. The number of alkyl halides is 3. The predicted octanol–water partition coefficient (Wildman–Crippen LogP) is 3.16. The Hall–Kier alpha value is -0.900. The van der Waals surface area contributed by atoms with Crippen LogP contribution in [0.2, 0.25) is 0 Å². The number of halogens is 4. The van der Waals surface area contributed by atoms with Gasteiger partial charge < -0.3 is 0 Å². The van der Waals surface area contributed by atoms with Crippen LogP contribution in [0.1, 0.15) is 23.1 Å². The van der Waals surface area contributed by atoms with Crippen molar-refractivity contribution in [2.45, 2.75) is 17.2 Å². The van der Waals surface area contributed by atoms with E-state index in [4.69, 9.17) is 27.5 Å². The van der Waals surface area contributed by atoms with Crippen LogP contribution >= 0.6 is 22.3 Å². The van der Waals surface area contributed by atoms with Gasteiger partial charge in [0.15, 0.2) is 0 Å². The molecule has 0 fully saturated rings. The molecule has 0 unspecified atom stereocenters. The summed E-state index contributed by atoms with van der Waals surface area (Å²) in [6.07, 6.45) is -3.13. The molecule has 0 heterocycles. The van der Waals surface area contributed by atoms with Crippen molar-refractivity contribution in [2.75, 3.05) is 0 Å². The highest BCUT2D eigenvalue weighted by atomic mass is 35.7. The molecule has 0 atom stereocenters. The number of nitrogens with zero attached hydrogens (tertiary/aromatic N) is 1. The first-order valence-corrected chi connectivity index (χ1v) is 7.02. The smallest absolute Gasteiger partial charge is 0.207 e.